The molecule has 0 bridgehead atoms. The summed E-state index contributed by atoms with van der Waals surface area (Å²) in [6.45, 7) is 8.42. The maximum Gasteiger partial charge on any atom is 0.0653 e. The first-order chi connectivity index (χ1) is 3.95. The molecule has 0 heterocycles. The van der Waals surface area contributed by atoms with Crippen molar-refractivity contribution >= 4 is 0 Å². The van der Waals surface area contributed by atoms with Crippen LogP contribution in [0.15, 0.2) is 0 Å². The molecule has 9 heavy (non-hydrogen) atoms. The molecule has 0 saturated carbocycles. The fourth-order valence-corrected chi connectivity index (χ4v) is 0.964. The van der Waals surface area contributed by atoms with Gasteiger partial charge in [0.25, 0.3) is 0 Å². The van der Waals surface area contributed by atoms with Gasteiger partial charge in [0.05, 0.1) is 6.07 Å². The molecule has 0 N–H and O–H groups in total. The van der Waals surface area contributed by atoms with Crippen molar-refractivity contribution in [3.63, 3.8) is 0 Å². The first-order valence-electron chi connectivity index (χ1n) is 3.35. The second kappa shape index (κ2) is 2.87. The molecule has 0 aromatic rings. The molecule has 0 aromatic heterocycles. The molecule has 1 nitrogen and oxygen atoms in total. The molecule has 0 aliphatic rings. The summed E-state index contributed by atoms with van der Waals surface area (Å²) in [5.74, 6) is 0.199. The van der Waals surface area contributed by atoms with Crippen LogP contribution in [0.25, 0.3) is 0 Å². The zero-order valence-corrected chi connectivity index (χ0v) is 6.73. The average molecular weight is 125 g/mol. The molecule has 0 aliphatic carbocycles. The van der Waals surface area contributed by atoms with Gasteiger partial charge in [-0.3, -0.25) is 0 Å². The number of rotatable bonds is 1. The summed E-state index contributed by atoms with van der Waals surface area (Å²) in [5, 5.41) is 8.45. The second-order valence-corrected chi connectivity index (χ2v) is 3.79. The minimum Gasteiger partial charge on any atom is -0.198 e. The van der Waals surface area contributed by atoms with E-state index in [9.17, 15) is 0 Å². The summed E-state index contributed by atoms with van der Waals surface area (Å²) in [6, 6.07) is 2.22. The standard InChI is InChI=1S/C8H15N/c1-7(6-9)5-8(2,3)4/h7H,5H2,1-4H3. The topological polar surface area (TPSA) is 23.8 Å². The molecule has 0 amide bonds. The van der Waals surface area contributed by atoms with Gasteiger partial charge in [-0.15, -0.1) is 0 Å². The molecular formula is C8H15N. The fourth-order valence-electron chi connectivity index (χ4n) is 0.964. The lowest BCUT2D eigenvalue weighted by Gasteiger charge is -2.18. The predicted octanol–water partition coefficient (Wildman–Crippen LogP) is 2.58. The number of hydrogen-bond acceptors (Lipinski definition) is 1. The highest BCUT2D eigenvalue weighted by Gasteiger charge is 2.13. The molecule has 0 aromatic carbocycles. The van der Waals surface area contributed by atoms with Gasteiger partial charge < -0.3 is 0 Å². The summed E-state index contributed by atoms with van der Waals surface area (Å²) in [7, 11) is 0. The Hall–Kier alpha value is -0.510. The third kappa shape index (κ3) is 5.36. The van der Waals surface area contributed by atoms with Crippen molar-refractivity contribution in [3.05, 3.63) is 0 Å². The lowest BCUT2D eigenvalue weighted by Crippen LogP contribution is -2.09. The van der Waals surface area contributed by atoms with Gasteiger partial charge in [-0.2, -0.15) is 5.26 Å². The van der Waals surface area contributed by atoms with E-state index in [2.05, 4.69) is 26.8 Å². The molecule has 0 aliphatic heterocycles. The Bertz CT molecular complexity index is 114. The Morgan fingerprint density at radius 2 is 1.89 bits per heavy atom. The van der Waals surface area contributed by atoms with E-state index in [0.29, 0.717) is 5.41 Å². The Morgan fingerprint density at radius 1 is 1.44 bits per heavy atom. The quantitative estimate of drug-likeness (QED) is 0.528. The smallest absolute Gasteiger partial charge is 0.0653 e. The summed E-state index contributed by atoms with van der Waals surface area (Å²) >= 11 is 0. The van der Waals surface area contributed by atoms with E-state index in [4.69, 9.17) is 5.26 Å². The van der Waals surface area contributed by atoms with Gasteiger partial charge in [-0.25, -0.2) is 0 Å². The maximum atomic E-state index is 8.45. The Labute approximate surface area is 57.7 Å². The van der Waals surface area contributed by atoms with Crippen LogP contribution in [0.3, 0.4) is 0 Å². The van der Waals surface area contributed by atoms with E-state index in [1.807, 2.05) is 6.92 Å². The number of hydrogen-bond donors (Lipinski definition) is 0. The molecule has 0 spiro atoms. The summed E-state index contributed by atoms with van der Waals surface area (Å²) in [4.78, 5) is 0. The van der Waals surface area contributed by atoms with Crippen molar-refractivity contribution in [1.82, 2.24) is 0 Å². The Kier molecular flexibility index (Phi) is 2.70. The zero-order valence-electron chi connectivity index (χ0n) is 6.73. The Balaban J connectivity index is 3.63. The third-order valence-corrected chi connectivity index (χ3v) is 1.14. The van der Waals surface area contributed by atoms with Crippen LogP contribution in [0, 0.1) is 22.7 Å². The van der Waals surface area contributed by atoms with Gasteiger partial charge in [0, 0.05) is 5.92 Å². The van der Waals surface area contributed by atoms with Gasteiger partial charge >= 0.3 is 0 Å². The normalized spacial score (nSPS) is 14.6. The average Bonchev–Trinajstić information content (AvgIpc) is 1.62. The lowest BCUT2D eigenvalue weighted by atomic mass is 9.86. The van der Waals surface area contributed by atoms with Crippen LogP contribution < -0.4 is 0 Å². The van der Waals surface area contributed by atoms with Gasteiger partial charge in [0.1, 0.15) is 0 Å². The predicted molar refractivity (Wildman–Crippen MR) is 38.8 cm³/mol. The highest BCUT2D eigenvalue weighted by atomic mass is 14.3. The van der Waals surface area contributed by atoms with Crippen molar-refractivity contribution in [2.45, 2.75) is 34.1 Å². The molecule has 1 unspecified atom stereocenters. The zero-order chi connectivity index (χ0) is 7.49. The summed E-state index contributed by atoms with van der Waals surface area (Å²) in [5.41, 5.74) is 0.301. The SMILES string of the molecule is CC(C#N)CC(C)(C)C. The van der Waals surface area contributed by atoms with Crippen molar-refractivity contribution in [1.29, 1.82) is 5.26 Å². The lowest BCUT2D eigenvalue weighted by molar-refractivity contribution is 0.340. The maximum absolute atomic E-state index is 8.45. The van der Waals surface area contributed by atoms with Gasteiger partial charge in [-0.05, 0) is 18.8 Å². The summed E-state index contributed by atoms with van der Waals surface area (Å²) < 4.78 is 0. The number of nitriles is 1. The van der Waals surface area contributed by atoms with E-state index in [1.165, 1.54) is 0 Å². The largest absolute Gasteiger partial charge is 0.198 e. The van der Waals surface area contributed by atoms with Crippen LogP contribution in [0.2, 0.25) is 0 Å². The van der Waals surface area contributed by atoms with Crippen molar-refractivity contribution in [2.24, 2.45) is 11.3 Å². The van der Waals surface area contributed by atoms with Crippen LogP contribution in [-0.2, 0) is 0 Å². The summed E-state index contributed by atoms with van der Waals surface area (Å²) in [6.07, 6.45) is 0.990. The minimum atomic E-state index is 0.199. The van der Waals surface area contributed by atoms with E-state index in [0.717, 1.165) is 6.42 Å². The highest BCUT2D eigenvalue weighted by Crippen LogP contribution is 2.23. The first kappa shape index (κ1) is 8.49. The van der Waals surface area contributed by atoms with Gasteiger partial charge in [0.15, 0.2) is 0 Å². The molecule has 0 saturated heterocycles. The van der Waals surface area contributed by atoms with E-state index >= 15 is 0 Å². The van der Waals surface area contributed by atoms with Crippen molar-refractivity contribution in [3.8, 4) is 6.07 Å². The monoisotopic (exact) mass is 125 g/mol. The number of nitrogens with zero attached hydrogens (tertiary/aromatic N) is 1. The molecule has 0 radical (unpaired) electrons. The van der Waals surface area contributed by atoms with E-state index in [-0.39, 0.29) is 5.92 Å². The molecular weight excluding hydrogens is 110 g/mol. The van der Waals surface area contributed by atoms with Crippen molar-refractivity contribution < 1.29 is 0 Å². The van der Waals surface area contributed by atoms with Crippen LogP contribution in [0.1, 0.15) is 34.1 Å². The highest BCUT2D eigenvalue weighted by molar-refractivity contribution is 4.82. The molecule has 1 heteroatoms. The Morgan fingerprint density at radius 3 is 2.00 bits per heavy atom. The molecule has 0 fully saturated rings. The third-order valence-electron chi connectivity index (χ3n) is 1.14. The minimum absolute atomic E-state index is 0.199. The molecule has 1 atom stereocenters. The molecule has 52 valence electrons. The van der Waals surface area contributed by atoms with Crippen molar-refractivity contribution in [2.75, 3.05) is 0 Å². The van der Waals surface area contributed by atoms with Crippen LogP contribution in [0.5, 0.6) is 0 Å². The van der Waals surface area contributed by atoms with Crippen LogP contribution in [-0.4, -0.2) is 0 Å². The second-order valence-electron chi connectivity index (χ2n) is 3.79. The van der Waals surface area contributed by atoms with E-state index in [1.54, 1.807) is 0 Å². The molecule has 0 rings (SSSR count). The fraction of sp³-hybridized carbons (Fsp3) is 0.875. The van der Waals surface area contributed by atoms with Crippen LogP contribution in [0.4, 0.5) is 0 Å². The van der Waals surface area contributed by atoms with E-state index < -0.39 is 0 Å². The van der Waals surface area contributed by atoms with Crippen LogP contribution >= 0.6 is 0 Å². The first-order valence-corrected chi connectivity index (χ1v) is 3.35. The van der Waals surface area contributed by atoms with Gasteiger partial charge in [-0.1, -0.05) is 20.8 Å². The van der Waals surface area contributed by atoms with Gasteiger partial charge in [0.2, 0.25) is 0 Å².